The molecule has 5 nitrogen and oxygen atoms in total. The van der Waals surface area contributed by atoms with E-state index in [0.717, 1.165) is 31.2 Å². The van der Waals surface area contributed by atoms with E-state index in [-0.39, 0.29) is 24.0 Å². The van der Waals surface area contributed by atoms with Crippen molar-refractivity contribution >= 4 is 29.9 Å². The van der Waals surface area contributed by atoms with Crippen molar-refractivity contribution in [2.45, 2.75) is 47.6 Å². The maximum atomic E-state index is 4.66. The van der Waals surface area contributed by atoms with Crippen LogP contribution in [0.3, 0.4) is 0 Å². The van der Waals surface area contributed by atoms with Crippen molar-refractivity contribution in [3.05, 3.63) is 17.0 Å². The predicted molar refractivity (Wildman–Crippen MR) is 100 cm³/mol. The lowest BCUT2D eigenvalue weighted by Gasteiger charge is -2.12. The summed E-state index contributed by atoms with van der Waals surface area (Å²) in [4.78, 5) is 4.66. The lowest BCUT2D eigenvalue weighted by Crippen LogP contribution is -2.38. The van der Waals surface area contributed by atoms with Gasteiger partial charge in [-0.15, -0.1) is 24.0 Å². The van der Waals surface area contributed by atoms with Gasteiger partial charge in [-0.05, 0) is 33.1 Å². The van der Waals surface area contributed by atoms with Crippen molar-refractivity contribution < 1.29 is 0 Å². The van der Waals surface area contributed by atoms with Gasteiger partial charge in [0.2, 0.25) is 0 Å². The van der Waals surface area contributed by atoms with E-state index in [1.165, 1.54) is 11.3 Å². The van der Waals surface area contributed by atoms with Crippen LogP contribution in [0.15, 0.2) is 4.99 Å². The highest BCUT2D eigenvalue weighted by Gasteiger charge is 2.08. The van der Waals surface area contributed by atoms with E-state index < -0.39 is 0 Å². The summed E-state index contributed by atoms with van der Waals surface area (Å²) in [6.07, 6.45) is 1.15. The van der Waals surface area contributed by atoms with Crippen LogP contribution < -0.4 is 10.6 Å². The van der Waals surface area contributed by atoms with Crippen LogP contribution in [-0.2, 0) is 13.6 Å². The molecule has 6 heteroatoms. The molecule has 0 aromatic carbocycles. The fourth-order valence-corrected chi connectivity index (χ4v) is 2.03. The van der Waals surface area contributed by atoms with Gasteiger partial charge in [0, 0.05) is 31.4 Å². The van der Waals surface area contributed by atoms with Crippen LogP contribution in [-0.4, -0.2) is 28.8 Å². The van der Waals surface area contributed by atoms with Crippen molar-refractivity contribution in [2.24, 2.45) is 18.0 Å². The van der Waals surface area contributed by atoms with Gasteiger partial charge >= 0.3 is 0 Å². The van der Waals surface area contributed by atoms with Gasteiger partial charge in [-0.2, -0.15) is 5.10 Å². The molecule has 2 N–H and O–H groups in total. The van der Waals surface area contributed by atoms with Gasteiger partial charge in [0.1, 0.15) is 0 Å². The Labute approximate surface area is 146 Å². The molecule has 0 radical (unpaired) electrons. The van der Waals surface area contributed by atoms with Gasteiger partial charge in [0.25, 0.3) is 0 Å². The van der Waals surface area contributed by atoms with E-state index in [2.05, 4.69) is 48.4 Å². The summed E-state index contributed by atoms with van der Waals surface area (Å²) < 4.78 is 1.92. The van der Waals surface area contributed by atoms with Crippen LogP contribution in [0.2, 0.25) is 0 Å². The molecule has 0 saturated carbocycles. The highest BCUT2D eigenvalue weighted by atomic mass is 127. The highest BCUT2D eigenvalue weighted by Crippen LogP contribution is 2.12. The molecule has 0 atom stereocenters. The average molecular weight is 407 g/mol. The molecule has 0 saturated heterocycles. The Morgan fingerprint density at radius 3 is 2.43 bits per heavy atom. The summed E-state index contributed by atoms with van der Waals surface area (Å²) in [6.45, 7) is 13.2. The topological polar surface area (TPSA) is 54.2 Å². The van der Waals surface area contributed by atoms with Crippen molar-refractivity contribution in [1.29, 1.82) is 0 Å². The monoisotopic (exact) mass is 407 g/mol. The Bertz CT molecular complexity index is 451. The lowest BCUT2D eigenvalue weighted by molar-refractivity contribution is 0.573. The van der Waals surface area contributed by atoms with Crippen molar-refractivity contribution in [3.8, 4) is 0 Å². The molecule has 1 aromatic rings. The van der Waals surface area contributed by atoms with Crippen LogP contribution in [0.1, 0.15) is 44.1 Å². The zero-order chi connectivity index (χ0) is 15.1. The molecule has 0 amide bonds. The molecule has 0 unspecified atom stereocenters. The van der Waals surface area contributed by atoms with Gasteiger partial charge in [0.15, 0.2) is 5.96 Å². The zero-order valence-corrected chi connectivity index (χ0v) is 16.5. The van der Waals surface area contributed by atoms with E-state index in [4.69, 9.17) is 0 Å². The number of guanidine groups is 1. The van der Waals surface area contributed by atoms with E-state index in [9.17, 15) is 0 Å². The fourth-order valence-electron chi connectivity index (χ4n) is 2.03. The van der Waals surface area contributed by atoms with Crippen molar-refractivity contribution in [1.82, 2.24) is 20.4 Å². The van der Waals surface area contributed by atoms with Crippen molar-refractivity contribution in [3.63, 3.8) is 0 Å². The Balaban J connectivity index is 0.00000400. The molecule has 1 aromatic heterocycles. The number of aromatic nitrogens is 2. The zero-order valence-electron chi connectivity index (χ0n) is 14.2. The van der Waals surface area contributed by atoms with Crippen LogP contribution in [0.5, 0.6) is 0 Å². The van der Waals surface area contributed by atoms with E-state index in [1.54, 1.807) is 0 Å². The summed E-state index contributed by atoms with van der Waals surface area (Å²) in [6, 6.07) is 0. The number of rotatable bonds is 6. The van der Waals surface area contributed by atoms with Crippen LogP contribution in [0, 0.1) is 19.8 Å². The van der Waals surface area contributed by atoms with Gasteiger partial charge in [-0.1, -0.05) is 13.8 Å². The minimum absolute atomic E-state index is 0. The SMILES string of the molecule is CCNC(=NCc1c(C)nn(C)c1C)NCCC(C)C.I. The third-order valence-corrected chi connectivity index (χ3v) is 3.41. The lowest BCUT2D eigenvalue weighted by atomic mass is 10.1. The molecular formula is C15H30IN5. The van der Waals surface area contributed by atoms with Gasteiger partial charge in [0.05, 0.1) is 12.2 Å². The molecule has 0 spiro atoms. The first kappa shape index (κ1) is 20.2. The molecule has 122 valence electrons. The Kier molecular flexibility index (Phi) is 9.65. The first-order valence-corrected chi connectivity index (χ1v) is 7.46. The second-order valence-electron chi connectivity index (χ2n) is 5.58. The Morgan fingerprint density at radius 2 is 1.95 bits per heavy atom. The third kappa shape index (κ3) is 6.67. The molecule has 21 heavy (non-hydrogen) atoms. The summed E-state index contributed by atoms with van der Waals surface area (Å²) in [5, 5.41) is 11.1. The predicted octanol–water partition coefficient (Wildman–Crippen LogP) is 2.76. The third-order valence-electron chi connectivity index (χ3n) is 3.41. The van der Waals surface area contributed by atoms with Crippen LogP contribution in [0.25, 0.3) is 0 Å². The second kappa shape index (κ2) is 10.0. The molecule has 0 fully saturated rings. The van der Waals surface area contributed by atoms with Crippen molar-refractivity contribution in [2.75, 3.05) is 13.1 Å². The second-order valence-corrected chi connectivity index (χ2v) is 5.58. The maximum absolute atomic E-state index is 4.66. The van der Waals surface area contributed by atoms with Gasteiger partial charge < -0.3 is 10.6 Å². The fraction of sp³-hybridized carbons (Fsp3) is 0.733. The van der Waals surface area contributed by atoms with E-state index in [1.807, 2.05) is 18.7 Å². The van der Waals surface area contributed by atoms with Gasteiger partial charge in [-0.25, -0.2) is 4.99 Å². The number of aliphatic imine (C=N–C) groups is 1. The molecular weight excluding hydrogens is 377 g/mol. The van der Waals surface area contributed by atoms with Crippen LogP contribution in [0.4, 0.5) is 0 Å². The normalized spacial score (nSPS) is 11.5. The number of nitrogens with zero attached hydrogens (tertiary/aromatic N) is 3. The number of halogens is 1. The van der Waals surface area contributed by atoms with E-state index >= 15 is 0 Å². The standard InChI is InChI=1S/C15H29N5.HI/c1-7-16-15(17-9-8-11(2)3)18-10-14-12(4)19-20(6)13(14)5;/h11H,7-10H2,1-6H3,(H2,16,17,18);1H. The van der Waals surface area contributed by atoms with E-state index in [0.29, 0.717) is 12.5 Å². The number of hydrogen-bond acceptors (Lipinski definition) is 2. The molecule has 0 aliphatic carbocycles. The van der Waals surface area contributed by atoms with Crippen LogP contribution >= 0.6 is 24.0 Å². The molecule has 1 rings (SSSR count). The maximum Gasteiger partial charge on any atom is 0.191 e. The molecule has 0 aliphatic rings. The summed E-state index contributed by atoms with van der Waals surface area (Å²) >= 11 is 0. The quantitative estimate of drug-likeness (QED) is 0.433. The summed E-state index contributed by atoms with van der Waals surface area (Å²) in [5.41, 5.74) is 3.46. The van der Waals surface area contributed by atoms with Gasteiger partial charge in [-0.3, -0.25) is 4.68 Å². The average Bonchev–Trinajstić information content (AvgIpc) is 2.60. The molecule has 0 bridgehead atoms. The first-order valence-electron chi connectivity index (χ1n) is 7.46. The minimum atomic E-state index is 0. The minimum Gasteiger partial charge on any atom is -0.357 e. The Morgan fingerprint density at radius 1 is 1.29 bits per heavy atom. The highest BCUT2D eigenvalue weighted by molar-refractivity contribution is 14.0. The molecule has 0 aliphatic heterocycles. The largest absolute Gasteiger partial charge is 0.357 e. The first-order chi connectivity index (χ1) is 9.45. The number of nitrogens with one attached hydrogen (secondary N) is 2. The summed E-state index contributed by atoms with van der Waals surface area (Å²) in [5.74, 6) is 1.59. The summed E-state index contributed by atoms with van der Waals surface area (Å²) in [7, 11) is 1.97. The number of aryl methyl sites for hydroxylation is 2. The Hall–Kier alpha value is -0.790. The number of hydrogen-bond donors (Lipinski definition) is 2. The smallest absolute Gasteiger partial charge is 0.191 e. The molecule has 1 heterocycles.